The summed E-state index contributed by atoms with van der Waals surface area (Å²) < 4.78 is 4.99. The molecule has 2 heterocycles. The van der Waals surface area contributed by atoms with E-state index in [4.69, 9.17) is 16.3 Å². The molecule has 1 saturated carbocycles. The number of ether oxygens (including phenoxy) is 1. The number of hydrogen-bond acceptors (Lipinski definition) is 6. The molecule has 7 nitrogen and oxygen atoms in total. The summed E-state index contributed by atoms with van der Waals surface area (Å²) >= 11 is 6.10. The maximum atomic E-state index is 9.57. The molecule has 0 aliphatic heterocycles. The van der Waals surface area contributed by atoms with Gasteiger partial charge in [-0.15, -0.1) is 0 Å². The SMILES string of the molecule is CNc1ccc(OC)cc1.Cc1cc(Nc2n[nH]c3ccccc23)c(Cl)cn1.O=CC1CC1. The molecule has 1 aliphatic rings. The lowest BCUT2D eigenvalue weighted by Gasteiger charge is -2.06. The maximum absolute atomic E-state index is 9.57. The Labute approximate surface area is 198 Å². The van der Waals surface area contributed by atoms with Gasteiger partial charge in [-0.3, -0.25) is 10.1 Å². The van der Waals surface area contributed by atoms with E-state index in [-0.39, 0.29) is 0 Å². The first-order valence-corrected chi connectivity index (χ1v) is 11.0. The molecule has 0 bridgehead atoms. The fourth-order valence-corrected chi connectivity index (χ4v) is 2.97. The molecule has 0 spiro atoms. The Morgan fingerprint density at radius 3 is 2.48 bits per heavy atom. The van der Waals surface area contributed by atoms with Gasteiger partial charge in [0.05, 0.1) is 23.3 Å². The lowest BCUT2D eigenvalue weighted by Crippen LogP contribution is -1.94. The minimum Gasteiger partial charge on any atom is -0.497 e. The van der Waals surface area contributed by atoms with Gasteiger partial charge in [0.25, 0.3) is 0 Å². The van der Waals surface area contributed by atoms with Crippen LogP contribution in [0, 0.1) is 12.8 Å². The van der Waals surface area contributed by atoms with Crippen LogP contribution in [0.5, 0.6) is 5.75 Å². The van der Waals surface area contributed by atoms with Gasteiger partial charge in [-0.2, -0.15) is 5.10 Å². The van der Waals surface area contributed by atoms with E-state index in [1.807, 2.05) is 68.6 Å². The smallest absolute Gasteiger partial charge is 0.160 e. The van der Waals surface area contributed by atoms with Crippen LogP contribution in [0.25, 0.3) is 10.9 Å². The van der Waals surface area contributed by atoms with Crippen LogP contribution in [0.2, 0.25) is 5.02 Å². The average Bonchev–Trinajstić information content (AvgIpc) is 3.62. The zero-order valence-corrected chi connectivity index (χ0v) is 19.7. The van der Waals surface area contributed by atoms with Crippen LogP contribution in [0.4, 0.5) is 17.2 Å². The molecule has 8 heteroatoms. The van der Waals surface area contributed by atoms with E-state index in [1.165, 1.54) is 0 Å². The number of carbonyl (C=O) groups is 1. The zero-order valence-electron chi connectivity index (χ0n) is 18.9. The van der Waals surface area contributed by atoms with E-state index in [0.717, 1.165) is 58.7 Å². The van der Waals surface area contributed by atoms with Crippen molar-refractivity contribution < 1.29 is 9.53 Å². The number of aromatic nitrogens is 3. The Balaban J connectivity index is 0.000000170. The first-order valence-electron chi connectivity index (χ1n) is 10.6. The number of para-hydroxylation sites is 1. The van der Waals surface area contributed by atoms with Crippen LogP contribution >= 0.6 is 11.6 Å². The zero-order chi connectivity index (χ0) is 23.6. The number of benzene rings is 2. The molecule has 0 unspecified atom stereocenters. The standard InChI is InChI=1S/C13H11ClN4.C8H11NO.C4H6O/c1-8-6-12(10(14)7-15-8)16-13-9-4-2-3-5-11(9)17-18-13;1-9-7-3-5-8(10-2)6-4-7;5-3-4-1-2-4/h2-7H,1H3,(H2,15,16,17,18);3-6,9H,1-2H3;3-4H,1-2H2. The van der Waals surface area contributed by atoms with Gasteiger partial charge < -0.3 is 20.2 Å². The largest absolute Gasteiger partial charge is 0.497 e. The first-order chi connectivity index (χ1) is 16.0. The lowest BCUT2D eigenvalue weighted by atomic mass is 10.2. The van der Waals surface area contributed by atoms with E-state index in [9.17, 15) is 4.79 Å². The average molecular weight is 466 g/mol. The van der Waals surface area contributed by atoms with E-state index in [1.54, 1.807) is 13.3 Å². The maximum Gasteiger partial charge on any atom is 0.160 e. The summed E-state index contributed by atoms with van der Waals surface area (Å²) in [5, 5.41) is 15.1. The van der Waals surface area contributed by atoms with E-state index >= 15 is 0 Å². The van der Waals surface area contributed by atoms with E-state index < -0.39 is 0 Å². The number of aryl methyl sites for hydroxylation is 1. The molecule has 172 valence electrons. The number of aromatic amines is 1. The number of nitrogens with one attached hydrogen (secondary N) is 3. The predicted octanol–water partition coefficient (Wildman–Crippen LogP) is 6.00. The van der Waals surface area contributed by atoms with Gasteiger partial charge in [-0.25, -0.2) is 0 Å². The van der Waals surface area contributed by atoms with Gasteiger partial charge in [-0.1, -0.05) is 23.7 Å². The monoisotopic (exact) mass is 465 g/mol. The molecule has 0 saturated heterocycles. The molecule has 2 aromatic carbocycles. The minimum absolute atomic E-state index is 0.454. The van der Waals surface area contributed by atoms with Gasteiger partial charge in [-0.05, 0) is 62.2 Å². The van der Waals surface area contributed by atoms with E-state index in [2.05, 4.69) is 25.8 Å². The van der Waals surface area contributed by atoms with Crippen molar-refractivity contribution in [1.29, 1.82) is 0 Å². The van der Waals surface area contributed by atoms with E-state index in [0.29, 0.717) is 10.9 Å². The Morgan fingerprint density at radius 1 is 1.15 bits per heavy atom. The van der Waals surface area contributed by atoms with Gasteiger partial charge in [0, 0.05) is 35.9 Å². The second-order valence-corrected chi connectivity index (χ2v) is 7.91. The summed E-state index contributed by atoms with van der Waals surface area (Å²) in [6, 6.07) is 17.6. The molecule has 1 aliphatic carbocycles. The summed E-state index contributed by atoms with van der Waals surface area (Å²) in [5.74, 6) is 2.10. The Kier molecular flexibility index (Phi) is 8.66. The third-order valence-electron chi connectivity index (χ3n) is 4.91. The number of H-pyrrole nitrogens is 1. The van der Waals surface area contributed by atoms with Crippen LogP contribution in [-0.2, 0) is 4.79 Å². The molecule has 0 amide bonds. The number of aldehydes is 1. The third-order valence-corrected chi connectivity index (χ3v) is 5.21. The summed E-state index contributed by atoms with van der Waals surface area (Å²) in [7, 11) is 3.55. The first kappa shape index (κ1) is 24.1. The highest BCUT2D eigenvalue weighted by atomic mass is 35.5. The highest BCUT2D eigenvalue weighted by molar-refractivity contribution is 6.33. The lowest BCUT2D eigenvalue weighted by molar-refractivity contribution is -0.108. The van der Waals surface area contributed by atoms with Crippen LogP contribution in [0.3, 0.4) is 0 Å². The fraction of sp³-hybridized carbons (Fsp3) is 0.240. The van der Waals surface area contributed by atoms with Gasteiger partial charge >= 0.3 is 0 Å². The van der Waals surface area contributed by atoms with Crippen molar-refractivity contribution in [3.8, 4) is 5.75 Å². The molecule has 0 atom stereocenters. The summed E-state index contributed by atoms with van der Waals surface area (Å²) in [4.78, 5) is 13.7. The number of nitrogens with zero attached hydrogens (tertiary/aromatic N) is 2. The number of rotatable bonds is 5. The molecule has 3 N–H and O–H groups in total. The Morgan fingerprint density at radius 2 is 1.88 bits per heavy atom. The van der Waals surface area contributed by atoms with Crippen LogP contribution in [0.15, 0.2) is 60.8 Å². The number of anilines is 3. The number of methoxy groups -OCH3 is 1. The van der Waals surface area contributed by atoms with Gasteiger partial charge in [0.15, 0.2) is 5.82 Å². The fourth-order valence-electron chi connectivity index (χ4n) is 2.82. The predicted molar refractivity (Wildman–Crippen MR) is 135 cm³/mol. The molecular weight excluding hydrogens is 438 g/mol. The van der Waals surface area contributed by atoms with Crippen molar-refractivity contribution in [3.05, 3.63) is 71.5 Å². The summed E-state index contributed by atoms with van der Waals surface area (Å²) in [5.41, 5.74) is 3.80. The van der Waals surface area contributed by atoms with Crippen molar-refractivity contribution in [2.45, 2.75) is 19.8 Å². The molecular formula is C25H28ClN5O2. The minimum atomic E-state index is 0.454. The van der Waals surface area contributed by atoms with Crippen molar-refractivity contribution in [2.75, 3.05) is 24.8 Å². The number of hydrogen-bond donors (Lipinski definition) is 3. The molecule has 0 radical (unpaired) electrons. The van der Waals surface area contributed by atoms with Gasteiger partial charge in [0.2, 0.25) is 0 Å². The van der Waals surface area contributed by atoms with Crippen LogP contribution in [0.1, 0.15) is 18.5 Å². The molecule has 1 fully saturated rings. The summed E-state index contributed by atoms with van der Waals surface area (Å²) in [6.45, 7) is 1.92. The second-order valence-electron chi connectivity index (χ2n) is 7.50. The van der Waals surface area contributed by atoms with Crippen molar-refractivity contribution >= 4 is 46.0 Å². The van der Waals surface area contributed by atoms with Gasteiger partial charge in [0.1, 0.15) is 12.0 Å². The van der Waals surface area contributed by atoms with Crippen LogP contribution < -0.4 is 15.4 Å². The molecule has 4 aromatic rings. The highest BCUT2D eigenvalue weighted by Crippen LogP contribution is 2.28. The number of pyridine rings is 1. The molecule has 33 heavy (non-hydrogen) atoms. The van der Waals surface area contributed by atoms with Crippen molar-refractivity contribution in [1.82, 2.24) is 15.2 Å². The Hall–Kier alpha value is -3.58. The summed E-state index contributed by atoms with van der Waals surface area (Å²) in [6.07, 6.45) is 4.95. The second kappa shape index (κ2) is 11.9. The number of carbonyl (C=O) groups excluding carboxylic acids is 1. The van der Waals surface area contributed by atoms with Crippen molar-refractivity contribution in [3.63, 3.8) is 0 Å². The third kappa shape index (κ3) is 7.22. The van der Waals surface area contributed by atoms with Crippen LogP contribution in [-0.4, -0.2) is 35.6 Å². The quantitative estimate of drug-likeness (QED) is 0.313. The normalized spacial score (nSPS) is 12.0. The molecule has 5 rings (SSSR count). The molecule has 2 aromatic heterocycles. The number of halogens is 1. The Bertz CT molecular complexity index is 1150. The topological polar surface area (TPSA) is 91.9 Å². The number of fused-ring (bicyclic) bond motifs is 1. The van der Waals surface area contributed by atoms with Crippen molar-refractivity contribution in [2.24, 2.45) is 5.92 Å². The highest BCUT2D eigenvalue weighted by Gasteiger charge is 2.18.